The molecule has 0 spiro atoms. The molecule has 1 unspecified atom stereocenters. The number of rotatable bonds is 7. The summed E-state index contributed by atoms with van der Waals surface area (Å²) in [5, 5.41) is 3.43. The molecule has 1 saturated carbocycles. The van der Waals surface area contributed by atoms with Gasteiger partial charge in [-0.1, -0.05) is 25.7 Å². The lowest BCUT2D eigenvalue weighted by molar-refractivity contribution is 0.341. The van der Waals surface area contributed by atoms with Crippen LogP contribution in [0.3, 0.4) is 0 Å². The number of hydrogen-bond donors (Lipinski definition) is 1. The molecule has 21 heavy (non-hydrogen) atoms. The Bertz CT molecular complexity index is 456. The Hall–Kier alpha value is -1.42. The van der Waals surface area contributed by atoms with Crippen LogP contribution in [0, 0.1) is 5.92 Å². The highest BCUT2D eigenvalue weighted by Gasteiger charge is 2.24. The maximum absolute atomic E-state index is 5.56. The molecule has 4 heteroatoms. The number of ether oxygens (including phenoxy) is 3. The molecular formula is C17H27NO3. The van der Waals surface area contributed by atoms with Crippen LogP contribution in [0.5, 0.6) is 17.2 Å². The molecule has 1 aliphatic carbocycles. The zero-order valence-electron chi connectivity index (χ0n) is 13.6. The molecule has 1 N–H and O–H groups in total. The second kappa shape index (κ2) is 7.55. The summed E-state index contributed by atoms with van der Waals surface area (Å²) in [6, 6.07) is 4.23. The first-order chi connectivity index (χ1) is 10.2. The Labute approximate surface area is 127 Å². The van der Waals surface area contributed by atoms with Crippen LogP contribution in [0.4, 0.5) is 0 Å². The summed E-state index contributed by atoms with van der Waals surface area (Å²) in [7, 11) is 7.02. The van der Waals surface area contributed by atoms with E-state index in [-0.39, 0.29) is 6.04 Å². The van der Waals surface area contributed by atoms with Gasteiger partial charge in [-0.05, 0) is 25.5 Å². The summed E-state index contributed by atoms with van der Waals surface area (Å²) in [4.78, 5) is 0. The maximum atomic E-state index is 5.56. The third kappa shape index (κ3) is 3.62. The van der Waals surface area contributed by atoms with Crippen LogP contribution < -0.4 is 19.5 Å². The largest absolute Gasteiger partial charge is 0.496 e. The van der Waals surface area contributed by atoms with E-state index >= 15 is 0 Å². The van der Waals surface area contributed by atoms with Gasteiger partial charge in [0.05, 0.1) is 21.3 Å². The second-order valence-electron chi connectivity index (χ2n) is 5.68. The average Bonchev–Trinajstić information content (AvgIpc) is 3.04. The van der Waals surface area contributed by atoms with Crippen LogP contribution in [-0.4, -0.2) is 28.4 Å². The molecule has 0 amide bonds. The zero-order chi connectivity index (χ0) is 15.2. The Kier molecular flexibility index (Phi) is 5.74. The van der Waals surface area contributed by atoms with Crippen molar-refractivity contribution in [2.45, 2.75) is 38.1 Å². The Morgan fingerprint density at radius 2 is 1.57 bits per heavy atom. The van der Waals surface area contributed by atoms with Crippen LogP contribution in [0.2, 0.25) is 0 Å². The van der Waals surface area contributed by atoms with Crippen molar-refractivity contribution in [3.8, 4) is 17.2 Å². The highest BCUT2D eigenvalue weighted by molar-refractivity contribution is 5.51. The molecular weight excluding hydrogens is 266 g/mol. The molecule has 0 radical (unpaired) electrons. The quantitative estimate of drug-likeness (QED) is 0.834. The fraction of sp³-hybridized carbons (Fsp3) is 0.647. The van der Waals surface area contributed by atoms with E-state index < -0.39 is 0 Å². The van der Waals surface area contributed by atoms with Gasteiger partial charge in [-0.25, -0.2) is 0 Å². The SMILES string of the molecule is CNC(CC1CCCC1)c1cc(OC)c(OC)cc1OC. The molecule has 0 aliphatic heterocycles. The molecule has 0 bridgehead atoms. The summed E-state index contributed by atoms with van der Waals surface area (Å²) in [5.41, 5.74) is 1.14. The van der Waals surface area contributed by atoms with E-state index in [9.17, 15) is 0 Å². The zero-order valence-corrected chi connectivity index (χ0v) is 13.6. The lowest BCUT2D eigenvalue weighted by Crippen LogP contribution is -2.20. The van der Waals surface area contributed by atoms with E-state index in [1.165, 1.54) is 25.7 Å². The minimum Gasteiger partial charge on any atom is -0.496 e. The topological polar surface area (TPSA) is 39.7 Å². The summed E-state index contributed by atoms with van der Waals surface area (Å²) < 4.78 is 16.3. The summed E-state index contributed by atoms with van der Waals surface area (Å²) in [6.07, 6.45) is 6.55. The predicted molar refractivity (Wildman–Crippen MR) is 84.5 cm³/mol. The highest BCUT2D eigenvalue weighted by Crippen LogP contribution is 2.40. The summed E-state index contributed by atoms with van der Waals surface area (Å²) >= 11 is 0. The molecule has 1 atom stereocenters. The maximum Gasteiger partial charge on any atom is 0.164 e. The van der Waals surface area contributed by atoms with Gasteiger partial charge < -0.3 is 19.5 Å². The van der Waals surface area contributed by atoms with Crippen molar-refractivity contribution >= 4 is 0 Å². The molecule has 0 aromatic heterocycles. The van der Waals surface area contributed by atoms with Gasteiger partial charge in [-0.3, -0.25) is 0 Å². The normalized spacial score (nSPS) is 16.8. The molecule has 0 heterocycles. The third-order valence-corrected chi connectivity index (χ3v) is 4.50. The highest BCUT2D eigenvalue weighted by atomic mass is 16.5. The molecule has 1 aliphatic rings. The number of nitrogens with one attached hydrogen (secondary N) is 1. The van der Waals surface area contributed by atoms with Crippen molar-refractivity contribution in [3.63, 3.8) is 0 Å². The van der Waals surface area contributed by atoms with Crippen molar-refractivity contribution < 1.29 is 14.2 Å². The van der Waals surface area contributed by atoms with Crippen molar-refractivity contribution in [1.29, 1.82) is 0 Å². The monoisotopic (exact) mass is 293 g/mol. The third-order valence-electron chi connectivity index (χ3n) is 4.50. The van der Waals surface area contributed by atoms with Gasteiger partial charge in [-0.2, -0.15) is 0 Å². The van der Waals surface area contributed by atoms with Crippen LogP contribution >= 0.6 is 0 Å². The molecule has 1 aromatic rings. The fourth-order valence-corrected chi connectivity index (χ4v) is 3.30. The number of benzene rings is 1. The lowest BCUT2D eigenvalue weighted by Gasteiger charge is -2.23. The minimum atomic E-state index is 0.280. The van der Waals surface area contributed by atoms with Crippen molar-refractivity contribution in [2.24, 2.45) is 5.92 Å². The van der Waals surface area contributed by atoms with Gasteiger partial charge in [0.2, 0.25) is 0 Å². The van der Waals surface area contributed by atoms with Gasteiger partial charge in [0.1, 0.15) is 5.75 Å². The Morgan fingerprint density at radius 3 is 2.10 bits per heavy atom. The lowest BCUT2D eigenvalue weighted by atomic mass is 9.93. The van der Waals surface area contributed by atoms with Crippen molar-refractivity contribution in [2.75, 3.05) is 28.4 Å². The number of methoxy groups -OCH3 is 3. The van der Waals surface area contributed by atoms with E-state index in [4.69, 9.17) is 14.2 Å². The first kappa shape index (κ1) is 16.0. The average molecular weight is 293 g/mol. The smallest absolute Gasteiger partial charge is 0.164 e. The van der Waals surface area contributed by atoms with Gasteiger partial charge in [0.15, 0.2) is 11.5 Å². The summed E-state index contributed by atoms with van der Waals surface area (Å²) in [5.74, 6) is 3.11. The van der Waals surface area contributed by atoms with Crippen LogP contribution in [0.25, 0.3) is 0 Å². The van der Waals surface area contributed by atoms with Gasteiger partial charge in [0, 0.05) is 17.7 Å². The van der Waals surface area contributed by atoms with Gasteiger partial charge in [-0.15, -0.1) is 0 Å². The van der Waals surface area contributed by atoms with E-state index in [0.29, 0.717) is 5.75 Å². The van der Waals surface area contributed by atoms with Crippen LogP contribution in [0.1, 0.15) is 43.7 Å². The molecule has 2 rings (SSSR count). The second-order valence-corrected chi connectivity index (χ2v) is 5.68. The fourth-order valence-electron chi connectivity index (χ4n) is 3.30. The van der Waals surface area contributed by atoms with Gasteiger partial charge >= 0.3 is 0 Å². The van der Waals surface area contributed by atoms with E-state index in [1.807, 2.05) is 19.2 Å². The van der Waals surface area contributed by atoms with Crippen LogP contribution in [-0.2, 0) is 0 Å². The predicted octanol–water partition coefficient (Wildman–Crippen LogP) is 3.55. The summed E-state index contributed by atoms with van der Waals surface area (Å²) in [6.45, 7) is 0. The standard InChI is InChI=1S/C17H27NO3/c1-18-14(9-12-7-5-6-8-12)13-10-16(20-3)17(21-4)11-15(13)19-2/h10-12,14,18H,5-9H2,1-4H3. The molecule has 118 valence electrons. The van der Waals surface area contributed by atoms with E-state index in [1.54, 1.807) is 21.3 Å². The minimum absolute atomic E-state index is 0.280. The first-order valence-corrected chi connectivity index (χ1v) is 7.70. The van der Waals surface area contributed by atoms with Crippen molar-refractivity contribution in [1.82, 2.24) is 5.32 Å². The molecule has 4 nitrogen and oxygen atoms in total. The van der Waals surface area contributed by atoms with Crippen LogP contribution in [0.15, 0.2) is 12.1 Å². The molecule has 0 saturated heterocycles. The van der Waals surface area contributed by atoms with E-state index in [2.05, 4.69) is 5.32 Å². The van der Waals surface area contributed by atoms with Crippen molar-refractivity contribution in [3.05, 3.63) is 17.7 Å². The van der Waals surface area contributed by atoms with Gasteiger partial charge in [0.25, 0.3) is 0 Å². The Balaban J connectivity index is 2.29. The molecule has 1 fully saturated rings. The van der Waals surface area contributed by atoms with E-state index in [0.717, 1.165) is 29.4 Å². The number of hydrogen-bond acceptors (Lipinski definition) is 4. The Morgan fingerprint density at radius 1 is 1.00 bits per heavy atom. The first-order valence-electron chi connectivity index (χ1n) is 7.70. The molecule has 1 aromatic carbocycles.